The molecular weight excluding hydrogens is 200 g/mol. The van der Waals surface area contributed by atoms with Crippen LogP contribution in [0.2, 0.25) is 0 Å². The average Bonchev–Trinajstić information content (AvgIpc) is 2.58. The third-order valence-electron chi connectivity index (χ3n) is 3.01. The van der Waals surface area contributed by atoms with Gasteiger partial charge in [0.15, 0.2) is 0 Å². The Morgan fingerprint density at radius 3 is 2.62 bits per heavy atom. The van der Waals surface area contributed by atoms with Gasteiger partial charge < -0.3 is 15.6 Å². The fourth-order valence-electron chi connectivity index (χ4n) is 2.14. The van der Waals surface area contributed by atoms with Crippen molar-refractivity contribution in [3.05, 3.63) is 17.3 Å². The monoisotopic (exact) mass is 220 g/mol. The molecule has 2 heterocycles. The summed E-state index contributed by atoms with van der Waals surface area (Å²) in [6, 6.07) is 0.424. The lowest BCUT2D eigenvalue weighted by molar-refractivity contribution is 0.606. The number of aromatic nitrogens is 1. The molecule has 0 spiro atoms. The summed E-state index contributed by atoms with van der Waals surface area (Å²) >= 11 is 0. The van der Waals surface area contributed by atoms with E-state index in [1.54, 1.807) is 6.34 Å². The van der Waals surface area contributed by atoms with Gasteiger partial charge in [-0.2, -0.15) is 0 Å². The molecule has 0 saturated heterocycles. The normalized spacial score (nSPS) is 19.1. The highest BCUT2D eigenvalue weighted by atomic mass is 15.2. The number of fused-ring (bicyclic) bond motifs is 1. The van der Waals surface area contributed by atoms with E-state index in [0.717, 1.165) is 11.4 Å². The number of hydrogen-bond acceptors (Lipinski definition) is 3. The van der Waals surface area contributed by atoms with Crippen LogP contribution in [-0.4, -0.2) is 10.9 Å². The van der Waals surface area contributed by atoms with Gasteiger partial charge in [-0.05, 0) is 25.3 Å². The lowest BCUT2D eigenvalue weighted by Crippen LogP contribution is -2.19. The van der Waals surface area contributed by atoms with Crippen LogP contribution in [0.5, 0.6) is 0 Å². The Morgan fingerprint density at radius 1 is 1.38 bits per heavy atom. The van der Waals surface area contributed by atoms with Gasteiger partial charge in [-0.15, -0.1) is 0 Å². The van der Waals surface area contributed by atoms with Crippen LogP contribution < -0.4 is 11.1 Å². The summed E-state index contributed by atoms with van der Waals surface area (Å²) in [5, 5.41) is 3.21. The summed E-state index contributed by atoms with van der Waals surface area (Å²) in [5.41, 5.74) is 8.48. The van der Waals surface area contributed by atoms with Gasteiger partial charge in [0.25, 0.3) is 0 Å². The third kappa shape index (κ3) is 1.63. The molecule has 0 aliphatic carbocycles. The van der Waals surface area contributed by atoms with E-state index < -0.39 is 0 Å². The molecule has 3 N–H and O–H groups in total. The van der Waals surface area contributed by atoms with Gasteiger partial charge in [0, 0.05) is 17.8 Å². The SMILES string of the molecule is CC(C)c1cn(C(C)C)c2c1C(N)N=CN2. The molecule has 1 aromatic rings. The maximum atomic E-state index is 6.05. The molecule has 1 aliphatic rings. The highest BCUT2D eigenvalue weighted by Crippen LogP contribution is 2.36. The van der Waals surface area contributed by atoms with Crippen molar-refractivity contribution < 1.29 is 0 Å². The first-order chi connectivity index (χ1) is 7.52. The zero-order chi connectivity index (χ0) is 11.9. The number of nitrogens with two attached hydrogens (primary N) is 1. The van der Waals surface area contributed by atoms with Crippen molar-refractivity contribution in [1.29, 1.82) is 0 Å². The maximum absolute atomic E-state index is 6.05. The Hall–Kier alpha value is -1.29. The number of rotatable bonds is 2. The maximum Gasteiger partial charge on any atom is 0.128 e. The largest absolute Gasteiger partial charge is 0.332 e. The second-order valence-electron chi connectivity index (χ2n) is 4.87. The fourth-order valence-corrected chi connectivity index (χ4v) is 2.14. The van der Waals surface area contributed by atoms with Crippen molar-refractivity contribution >= 4 is 12.2 Å². The zero-order valence-electron chi connectivity index (χ0n) is 10.4. The van der Waals surface area contributed by atoms with E-state index in [1.807, 2.05) is 0 Å². The van der Waals surface area contributed by atoms with E-state index >= 15 is 0 Å². The molecule has 0 fully saturated rings. The predicted octanol–water partition coefficient (Wildman–Crippen LogP) is 2.60. The van der Waals surface area contributed by atoms with Gasteiger partial charge in [-0.3, -0.25) is 4.99 Å². The summed E-state index contributed by atoms with van der Waals surface area (Å²) in [6.45, 7) is 8.71. The van der Waals surface area contributed by atoms with Gasteiger partial charge in [0.2, 0.25) is 0 Å². The number of nitrogens with one attached hydrogen (secondary N) is 1. The molecule has 16 heavy (non-hydrogen) atoms. The lowest BCUT2D eigenvalue weighted by atomic mass is 10.00. The van der Waals surface area contributed by atoms with Crippen LogP contribution in [0.4, 0.5) is 5.82 Å². The standard InChI is InChI=1S/C12H20N4/c1-7(2)9-5-16(8(3)4)12-10(9)11(13)14-6-15-12/h5-8,11H,13H2,1-4H3,(H,14,15). The minimum atomic E-state index is -0.228. The molecule has 1 atom stereocenters. The Bertz CT molecular complexity index is 415. The van der Waals surface area contributed by atoms with Crippen LogP contribution in [0.1, 0.15) is 56.9 Å². The number of anilines is 1. The van der Waals surface area contributed by atoms with Gasteiger partial charge >= 0.3 is 0 Å². The van der Waals surface area contributed by atoms with Crippen LogP contribution in [-0.2, 0) is 0 Å². The van der Waals surface area contributed by atoms with E-state index in [2.05, 4.69) is 48.8 Å². The molecule has 2 rings (SSSR count). The number of hydrogen-bond donors (Lipinski definition) is 2. The Morgan fingerprint density at radius 2 is 2.06 bits per heavy atom. The van der Waals surface area contributed by atoms with Gasteiger partial charge in [-0.1, -0.05) is 13.8 Å². The molecule has 0 saturated carbocycles. The molecule has 0 aromatic carbocycles. The number of aliphatic imine (C=N–C) groups is 1. The van der Waals surface area contributed by atoms with Gasteiger partial charge in [0.05, 0.1) is 6.34 Å². The molecule has 88 valence electrons. The van der Waals surface area contributed by atoms with E-state index in [1.165, 1.54) is 5.56 Å². The van der Waals surface area contributed by atoms with Crippen molar-refractivity contribution in [2.45, 2.75) is 45.8 Å². The van der Waals surface area contributed by atoms with Crippen molar-refractivity contribution in [2.24, 2.45) is 10.7 Å². The summed E-state index contributed by atoms with van der Waals surface area (Å²) in [5.74, 6) is 1.57. The highest BCUT2D eigenvalue weighted by Gasteiger charge is 2.24. The van der Waals surface area contributed by atoms with E-state index in [9.17, 15) is 0 Å². The molecule has 4 nitrogen and oxygen atoms in total. The van der Waals surface area contributed by atoms with Crippen LogP contribution in [0.25, 0.3) is 0 Å². The molecule has 0 bridgehead atoms. The molecule has 0 radical (unpaired) electrons. The summed E-state index contributed by atoms with van der Waals surface area (Å²) < 4.78 is 2.23. The minimum absolute atomic E-state index is 0.228. The Balaban J connectivity index is 2.58. The van der Waals surface area contributed by atoms with Crippen molar-refractivity contribution in [1.82, 2.24) is 4.57 Å². The summed E-state index contributed by atoms with van der Waals surface area (Å²) in [4.78, 5) is 4.22. The van der Waals surface area contributed by atoms with Crippen LogP contribution in [0, 0.1) is 0 Å². The molecule has 1 unspecified atom stereocenters. The topological polar surface area (TPSA) is 55.3 Å². The van der Waals surface area contributed by atoms with E-state index in [-0.39, 0.29) is 6.17 Å². The molecule has 1 aliphatic heterocycles. The summed E-state index contributed by atoms with van der Waals surface area (Å²) in [6.07, 6.45) is 3.66. The first kappa shape index (κ1) is 11.2. The number of nitrogens with zero attached hydrogens (tertiary/aromatic N) is 2. The van der Waals surface area contributed by atoms with Crippen LogP contribution >= 0.6 is 0 Å². The molecule has 1 aromatic heterocycles. The minimum Gasteiger partial charge on any atom is -0.332 e. The first-order valence-electron chi connectivity index (χ1n) is 5.80. The van der Waals surface area contributed by atoms with Crippen molar-refractivity contribution in [2.75, 3.05) is 5.32 Å². The van der Waals surface area contributed by atoms with Crippen molar-refractivity contribution in [3.8, 4) is 0 Å². The average molecular weight is 220 g/mol. The Kier molecular flexibility index (Phi) is 2.76. The van der Waals surface area contributed by atoms with Crippen LogP contribution in [0.15, 0.2) is 11.2 Å². The van der Waals surface area contributed by atoms with Gasteiger partial charge in [0.1, 0.15) is 12.0 Å². The van der Waals surface area contributed by atoms with Crippen molar-refractivity contribution in [3.63, 3.8) is 0 Å². The lowest BCUT2D eigenvalue weighted by Gasteiger charge is -2.19. The van der Waals surface area contributed by atoms with E-state index in [0.29, 0.717) is 12.0 Å². The second kappa shape index (κ2) is 3.94. The first-order valence-corrected chi connectivity index (χ1v) is 5.80. The quantitative estimate of drug-likeness (QED) is 0.805. The second-order valence-corrected chi connectivity index (χ2v) is 4.87. The fraction of sp³-hybridized carbons (Fsp3) is 0.583. The van der Waals surface area contributed by atoms with Crippen LogP contribution in [0.3, 0.4) is 0 Å². The molecular formula is C12H20N4. The third-order valence-corrected chi connectivity index (χ3v) is 3.01. The zero-order valence-corrected chi connectivity index (χ0v) is 10.4. The summed E-state index contributed by atoms with van der Waals surface area (Å²) in [7, 11) is 0. The molecule has 0 amide bonds. The van der Waals surface area contributed by atoms with Gasteiger partial charge in [-0.25, -0.2) is 0 Å². The smallest absolute Gasteiger partial charge is 0.128 e. The highest BCUT2D eigenvalue weighted by molar-refractivity contribution is 5.80. The van der Waals surface area contributed by atoms with E-state index in [4.69, 9.17) is 5.73 Å². The predicted molar refractivity (Wildman–Crippen MR) is 67.9 cm³/mol. The molecule has 4 heteroatoms. The Labute approximate surface area is 96.5 Å².